The quantitative estimate of drug-likeness (QED) is 0.275. The van der Waals surface area contributed by atoms with E-state index < -0.39 is 15.1 Å². The first-order valence-corrected chi connectivity index (χ1v) is 10.6. The molecule has 0 unspecified atom stereocenters. The number of aromatic nitrogens is 2. The Labute approximate surface area is 154 Å². The van der Waals surface area contributed by atoms with Crippen molar-refractivity contribution in [3.63, 3.8) is 0 Å². The number of thiocyanates is 1. The maximum absolute atomic E-state index is 13.5. The standard InChI is InChI=1S/C15H6FN3O2S4/c16-25(20,21)9-4-10(14-13(5-9)23-7-18-14)15-19-11-2-1-8(22-6-17)3-12(11)24-15/h1-5,7H. The first-order valence-electron chi connectivity index (χ1n) is 6.74. The van der Waals surface area contributed by atoms with Gasteiger partial charge in [-0.15, -0.1) is 26.6 Å². The minimum absolute atomic E-state index is 0.403. The Kier molecular flexibility index (Phi) is 3.96. The van der Waals surface area contributed by atoms with Crippen LogP contribution in [0.4, 0.5) is 3.89 Å². The number of rotatable bonds is 3. The van der Waals surface area contributed by atoms with Gasteiger partial charge in [0.05, 0.1) is 25.9 Å². The molecule has 2 aromatic heterocycles. The van der Waals surface area contributed by atoms with Crippen LogP contribution < -0.4 is 0 Å². The molecule has 0 radical (unpaired) electrons. The summed E-state index contributed by atoms with van der Waals surface area (Å²) in [6.45, 7) is 0. The number of hydrogen-bond donors (Lipinski definition) is 0. The zero-order valence-corrected chi connectivity index (χ0v) is 15.4. The SMILES string of the molecule is N#CSc1ccc2nc(-c3cc(S(=O)(=O)F)cc4scnc34)sc2c1. The number of benzene rings is 2. The minimum atomic E-state index is -4.83. The third kappa shape index (κ3) is 3.00. The average Bonchev–Trinajstić information content (AvgIpc) is 3.19. The third-order valence-corrected chi connectivity index (χ3v) is 6.65. The number of nitriles is 1. The molecule has 0 atom stereocenters. The fourth-order valence-electron chi connectivity index (χ4n) is 2.38. The van der Waals surface area contributed by atoms with Crippen molar-refractivity contribution in [3.05, 3.63) is 35.8 Å². The molecular formula is C15H6FN3O2S4. The molecule has 5 nitrogen and oxygen atoms in total. The van der Waals surface area contributed by atoms with Crippen LogP contribution in [0.1, 0.15) is 0 Å². The molecule has 0 aliphatic rings. The molecule has 0 bridgehead atoms. The van der Waals surface area contributed by atoms with Crippen LogP contribution in [0.5, 0.6) is 0 Å². The molecule has 0 spiro atoms. The number of nitrogens with zero attached hydrogens (tertiary/aromatic N) is 3. The number of thiazole rings is 2. The summed E-state index contributed by atoms with van der Waals surface area (Å²) in [6, 6.07) is 7.98. The summed E-state index contributed by atoms with van der Waals surface area (Å²) in [6.07, 6.45) is 0. The topological polar surface area (TPSA) is 83.7 Å². The number of halogens is 1. The smallest absolute Gasteiger partial charge is 0.244 e. The van der Waals surface area contributed by atoms with E-state index in [4.69, 9.17) is 5.26 Å². The van der Waals surface area contributed by atoms with E-state index in [1.807, 2.05) is 11.5 Å². The largest absolute Gasteiger partial charge is 0.332 e. The molecule has 0 fully saturated rings. The Hall–Kier alpha value is -2.06. The molecule has 0 saturated carbocycles. The third-order valence-electron chi connectivity index (χ3n) is 3.45. The first kappa shape index (κ1) is 16.4. The van der Waals surface area contributed by atoms with Crippen LogP contribution in [0.2, 0.25) is 0 Å². The van der Waals surface area contributed by atoms with Crippen LogP contribution >= 0.6 is 34.4 Å². The van der Waals surface area contributed by atoms with Gasteiger partial charge in [-0.25, -0.2) is 9.97 Å². The van der Waals surface area contributed by atoms with Gasteiger partial charge < -0.3 is 0 Å². The van der Waals surface area contributed by atoms with Crippen molar-refractivity contribution in [1.29, 1.82) is 5.26 Å². The zero-order chi connectivity index (χ0) is 17.6. The first-order chi connectivity index (χ1) is 12.0. The highest BCUT2D eigenvalue weighted by molar-refractivity contribution is 8.03. The Morgan fingerprint density at radius 2 is 2.04 bits per heavy atom. The highest BCUT2D eigenvalue weighted by Crippen LogP contribution is 2.38. The lowest BCUT2D eigenvalue weighted by atomic mass is 10.2. The highest BCUT2D eigenvalue weighted by atomic mass is 32.3. The Balaban J connectivity index is 1.96. The van der Waals surface area contributed by atoms with Gasteiger partial charge in [0.15, 0.2) is 0 Å². The van der Waals surface area contributed by atoms with E-state index in [9.17, 15) is 12.3 Å². The second-order valence-corrected chi connectivity index (χ2v) is 9.07. The second-order valence-electron chi connectivity index (χ2n) is 4.95. The Morgan fingerprint density at radius 3 is 2.80 bits per heavy atom. The molecule has 124 valence electrons. The van der Waals surface area contributed by atoms with Crippen molar-refractivity contribution in [2.75, 3.05) is 0 Å². The average molecular weight is 407 g/mol. The molecule has 0 amide bonds. The van der Waals surface area contributed by atoms with Gasteiger partial charge >= 0.3 is 10.2 Å². The van der Waals surface area contributed by atoms with Gasteiger partial charge in [0.2, 0.25) is 0 Å². The second kappa shape index (κ2) is 6.03. The fourth-order valence-corrected chi connectivity index (χ4v) is 5.23. The lowest BCUT2D eigenvalue weighted by Gasteiger charge is -2.01. The molecule has 2 aromatic carbocycles. The van der Waals surface area contributed by atoms with Crippen LogP contribution in [0.3, 0.4) is 0 Å². The van der Waals surface area contributed by atoms with Crippen LogP contribution in [-0.4, -0.2) is 18.4 Å². The molecule has 4 rings (SSSR count). The molecule has 25 heavy (non-hydrogen) atoms. The Morgan fingerprint density at radius 1 is 1.20 bits per heavy atom. The van der Waals surface area contributed by atoms with Gasteiger partial charge in [-0.05, 0) is 42.1 Å². The van der Waals surface area contributed by atoms with Gasteiger partial charge in [0.1, 0.15) is 15.3 Å². The Bertz CT molecular complexity index is 1270. The number of hydrogen-bond acceptors (Lipinski definition) is 8. The summed E-state index contributed by atoms with van der Waals surface area (Å²) in [5.41, 5.74) is 3.37. The predicted octanol–water partition coefficient (Wildman–Crippen LogP) is 4.80. The van der Waals surface area contributed by atoms with Crippen molar-refractivity contribution in [2.24, 2.45) is 0 Å². The van der Waals surface area contributed by atoms with Crippen LogP contribution in [0, 0.1) is 10.7 Å². The van der Waals surface area contributed by atoms with Gasteiger partial charge in [-0.1, -0.05) is 0 Å². The zero-order valence-electron chi connectivity index (χ0n) is 12.1. The van der Waals surface area contributed by atoms with Gasteiger partial charge in [-0.2, -0.15) is 13.7 Å². The summed E-state index contributed by atoms with van der Waals surface area (Å²) in [5, 5.41) is 11.3. The highest BCUT2D eigenvalue weighted by Gasteiger charge is 2.19. The fraction of sp³-hybridized carbons (Fsp3) is 0. The van der Waals surface area contributed by atoms with Gasteiger partial charge in [0.25, 0.3) is 0 Å². The van der Waals surface area contributed by atoms with E-state index in [0.717, 1.165) is 26.9 Å². The predicted molar refractivity (Wildman–Crippen MR) is 98.0 cm³/mol. The van der Waals surface area contributed by atoms with E-state index in [1.165, 1.54) is 34.8 Å². The van der Waals surface area contributed by atoms with E-state index in [0.29, 0.717) is 20.8 Å². The lowest BCUT2D eigenvalue weighted by molar-refractivity contribution is 0.552. The monoisotopic (exact) mass is 407 g/mol. The van der Waals surface area contributed by atoms with Crippen LogP contribution in [0.15, 0.2) is 45.6 Å². The molecule has 0 saturated heterocycles. The molecule has 10 heteroatoms. The van der Waals surface area contributed by atoms with Crippen molar-refractivity contribution in [2.45, 2.75) is 9.79 Å². The summed E-state index contributed by atoms with van der Waals surface area (Å²) in [7, 11) is -4.83. The summed E-state index contributed by atoms with van der Waals surface area (Å²) in [4.78, 5) is 9.16. The molecule has 4 aromatic rings. The molecule has 0 aliphatic heterocycles. The molecule has 0 N–H and O–H groups in total. The lowest BCUT2D eigenvalue weighted by Crippen LogP contribution is -1.93. The summed E-state index contributed by atoms with van der Waals surface area (Å²) < 4.78 is 37.6. The van der Waals surface area contributed by atoms with Crippen molar-refractivity contribution < 1.29 is 12.3 Å². The van der Waals surface area contributed by atoms with E-state index in [-0.39, 0.29) is 0 Å². The maximum Gasteiger partial charge on any atom is 0.332 e. The summed E-state index contributed by atoms with van der Waals surface area (Å²) >= 11 is 3.63. The number of thioether (sulfide) groups is 1. The van der Waals surface area contributed by atoms with E-state index in [2.05, 4.69) is 9.97 Å². The van der Waals surface area contributed by atoms with Crippen molar-refractivity contribution in [1.82, 2.24) is 9.97 Å². The van der Waals surface area contributed by atoms with E-state index >= 15 is 0 Å². The van der Waals surface area contributed by atoms with Gasteiger partial charge in [0, 0.05) is 10.5 Å². The number of fused-ring (bicyclic) bond motifs is 2. The van der Waals surface area contributed by atoms with Crippen molar-refractivity contribution in [3.8, 4) is 16.0 Å². The molecular weight excluding hydrogens is 401 g/mol. The molecule has 2 heterocycles. The van der Waals surface area contributed by atoms with Gasteiger partial charge in [-0.3, -0.25) is 0 Å². The maximum atomic E-state index is 13.5. The normalized spacial score (nSPS) is 11.8. The minimum Gasteiger partial charge on any atom is -0.244 e. The van der Waals surface area contributed by atoms with Crippen molar-refractivity contribution >= 4 is 65.1 Å². The molecule has 0 aliphatic carbocycles. The van der Waals surface area contributed by atoms with E-state index in [1.54, 1.807) is 17.6 Å². The van der Waals surface area contributed by atoms with Crippen LogP contribution in [-0.2, 0) is 10.2 Å². The van der Waals surface area contributed by atoms with Crippen LogP contribution in [0.25, 0.3) is 31.0 Å². The summed E-state index contributed by atoms with van der Waals surface area (Å²) in [5.74, 6) is 0.